The molecule has 3 amide bonds. The van der Waals surface area contributed by atoms with Crippen molar-refractivity contribution >= 4 is 23.9 Å². The van der Waals surface area contributed by atoms with Crippen LogP contribution >= 0.6 is 0 Å². The first-order valence-corrected chi connectivity index (χ1v) is 8.88. The van der Waals surface area contributed by atoms with Gasteiger partial charge in [0.1, 0.15) is 11.6 Å². The highest BCUT2D eigenvalue weighted by atomic mass is 16.7. The van der Waals surface area contributed by atoms with Gasteiger partial charge in [0.05, 0.1) is 11.1 Å². The molecule has 3 rings (SSSR count). The summed E-state index contributed by atoms with van der Waals surface area (Å²) in [5.41, 5.74) is -0.336. The van der Waals surface area contributed by atoms with E-state index in [1.54, 1.807) is 32.9 Å². The van der Waals surface area contributed by atoms with Crippen molar-refractivity contribution in [1.29, 1.82) is 0 Å². The minimum absolute atomic E-state index is 0.183. The number of piperidine rings is 1. The van der Waals surface area contributed by atoms with Crippen LogP contribution in [0.3, 0.4) is 0 Å². The molecule has 0 saturated carbocycles. The van der Waals surface area contributed by atoms with Crippen LogP contribution in [0.2, 0.25) is 0 Å². The van der Waals surface area contributed by atoms with Gasteiger partial charge in [0, 0.05) is 6.54 Å². The van der Waals surface area contributed by atoms with Crippen molar-refractivity contribution < 1.29 is 28.8 Å². The quantitative estimate of drug-likeness (QED) is 0.739. The summed E-state index contributed by atoms with van der Waals surface area (Å²) in [6.07, 6.45) is 1.21. The third kappa shape index (κ3) is 3.79. The maximum Gasteiger partial charge on any atom is 0.411 e. The smallest absolute Gasteiger partial charge is 0.411 e. The van der Waals surface area contributed by atoms with Crippen LogP contribution in [-0.2, 0) is 14.4 Å². The number of imide groups is 1. The zero-order valence-electron chi connectivity index (χ0n) is 15.6. The average molecular weight is 374 g/mol. The van der Waals surface area contributed by atoms with Crippen molar-refractivity contribution in [3.05, 3.63) is 35.4 Å². The summed E-state index contributed by atoms with van der Waals surface area (Å²) in [4.78, 5) is 56.2. The number of hydrogen-bond acceptors (Lipinski definition) is 6. The minimum atomic E-state index is -0.905. The molecule has 1 atom stereocenters. The van der Waals surface area contributed by atoms with E-state index in [9.17, 15) is 19.2 Å². The molecule has 2 heterocycles. The predicted octanol–water partition coefficient (Wildman–Crippen LogP) is 2.53. The highest BCUT2D eigenvalue weighted by molar-refractivity contribution is 6.20. The van der Waals surface area contributed by atoms with E-state index in [4.69, 9.17) is 9.57 Å². The fourth-order valence-corrected chi connectivity index (χ4v) is 3.12. The summed E-state index contributed by atoms with van der Waals surface area (Å²) >= 11 is 0. The Kier molecular flexibility index (Phi) is 4.91. The molecule has 1 saturated heterocycles. The molecule has 0 bridgehead atoms. The molecule has 1 aromatic rings. The lowest BCUT2D eigenvalue weighted by atomic mass is 10.0. The predicted molar refractivity (Wildman–Crippen MR) is 93.6 cm³/mol. The molecule has 0 aromatic heterocycles. The van der Waals surface area contributed by atoms with Crippen LogP contribution < -0.4 is 0 Å². The van der Waals surface area contributed by atoms with Gasteiger partial charge in [-0.1, -0.05) is 17.2 Å². The van der Waals surface area contributed by atoms with Crippen molar-refractivity contribution in [1.82, 2.24) is 9.96 Å². The molecular weight excluding hydrogens is 352 g/mol. The number of nitrogens with zero attached hydrogens (tertiary/aromatic N) is 2. The number of carbonyl (C=O) groups excluding carboxylic acids is 4. The third-order valence-electron chi connectivity index (χ3n) is 4.34. The summed E-state index contributed by atoms with van der Waals surface area (Å²) in [6, 6.07) is 5.34. The third-order valence-corrected chi connectivity index (χ3v) is 4.34. The van der Waals surface area contributed by atoms with Crippen molar-refractivity contribution in [3.63, 3.8) is 0 Å². The minimum Gasteiger partial charge on any atom is -0.444 e. The molecule has 8 nitrogen and oxygen atoms in total. The monoisotopic (exact) mass is 374 g/mol. The number of fused-ring (bicyclic) bond motifs is 1. The molecule has 1 fully saturated rings. The van der Waals surface area contributed by atoms with E-state index < -0.39 is 35.5 Å². The number of amides is 3. The Hall–Kier alpha value is -2.90. The molecule has 1 aromatic carbocycles. The number of benzene rings is 1. The second-order valence-corrected chi connectivity index (χ2v) is 7.55. The zero-order valence-corrected chi connectivity index (χ0v) is 15.6. The first-order valence-electron chi connectivity index (χ1n) is 8.88. The fourth-order valence-electron chi connectivity index (χ4n) is 3.12. The summed E-state index contributed by atoms with van der Waals surface area (Å²) in [7, 11) is 0. The van der Waals surface area contributed by atoms with Gasteiger partial charge in [0.25, 0.3) is 11.8 Å². The van der Waals surface area contributed by atoms with Crippen LogP contribution in [0.15, 0.2) is 24.3 Å². The number of hydroxylamine groups is 2. The van der Waals surface area contributed by atoms with Crippen molar-refractivity contribution in [2.75, 3.05) is 6.54 Å². The van der Waals surface area contributed by atoms with Gasteiger partial charge in [-0.2, -0.15) is 0 Å². The van der Waals surface area contributed by atoms with E-state index in [1.807, 2.05) is 0 Å². The number of rotatable bonds is 2. The average Bonchev–Trinajstić information content (AvgIpc) is 2.85. The van der Waals surface area contributed by atoms with Crippen LogP contribution in [0.5, 0.6) is 0 Å². The SMILES string of the molecule is CC(C)(C)OC(=O)N1CCCCC1C(=O)ON1C(=O)c2ccccc2C1=O. The van der Waals surface area contributed by atoms with Crippen molar-refractivity contribution in [2.24, 2.45) is 0 Å². The highest BCUT2D eigenvalue weighted by Crippen LogP contribution is 2.25. The Morgan fingerprint density at radius 2 is 1.63 bits per heavy atom. The Morgan fingerprint density at radius 3 is 2.19 bits per heavy atom. The van der Waals surface area contributed by atoms with Crippen molar-refractivity contribution in [2.45, 2.75) is 51.7 Å². The van der Waals surface area contributed by atoms with E-state index >= 15 is 0 Å². The first-order chi connectivity index (χ1) is 12.7. The van der Waals surface area contributed by atoms with Crippen LogP contribution in [-0.4, -0.2) is 52.0 Å². The number of likely N-dealkylation sites (tertiary alicyclic amines) is 1. The van der Waals surface area contributed by atoms with Gasteiger partial charge >= 0.3 is 12.1 Å². The lowest BCUT2D eigenvalue weighted by molar-refractivity contribution is -0.175. The van der Waals surface area contributed by atoms with E-state index in [1.165, 1.54) is 17.0 Å². The van der Waals surface area contributed by atoms with Crippen LogP contribution in [0.1, 0.15) is 60.7 Å². The van der Waals surface area contributed by atoms with Gasteiger partial charge in [0.2, 0.25) is 0 Å². The normalized spacial score (nSPS) is 19.7. The Bertz CT molecular complexity index is 763. The van der Waals surface area contributed by atoms with Gasteiger partial charge < -0.3 is 9.57 Å². The molecular formula is C19H22N2O6. The lowest BCUT2D eigenvalue weighted by Gasteiger charge is -2.35. The number of ether oxygens (including phenoxy) is 1. The zero-order chi connectivity index (χ0) is 19.8. The fraction of sp³-hybridized carbons (Fsp3) is 0.474. The first kappa shape index (κ1) is 18.9. The van der Waals surface area contributed by atoms with Gasteiger partial charge in [-0.15, -0.1) is 0 Å². The largest absolute Gasteiger partial charge is 0.444 e. The van der Waals surface area contributed by atoms with Gasteiger partial charge in [0.15, 0.2) is 0 Å². The van der Waals surface area contributed by atoms with Gasteiger partial charge in [-0.3, -0.25) is 14.5 Å². The van der Waals surface area contributed by atoms with E-state index in [2.05, 4.69) is 0 Å². The summed E-state index contributed by atoms with van der Waals surface area (Å²) < 4.78 is 5.35. The molecule has 0 aliphatic carbocycles. The van der Waals surface area contributed by atoms with E-state index in [-0.39, 0.29) is 11.1 Å². The Labute approximate surface area is 157 Å². The van der Waals surface area contributed by atoms with Crippen LogP contribution in [0.4, 0.5) is 4.79 Å². The molecule has 27 heavy (non-hydrogen) atoms. The topological polar surface area (TPSA) is 93.2 Å². The van der Waals surface area contributed by atoms with E-state index in [0.717, 1.165) is 12.8 Å². The Morgan fingerprint density at radius 1 is 1.04 bits per heavy atom. The molecule has 2 aliphatic rings. The summed E-state index contributed by atoms with van der Waals surface area (Å²) in [5, 5.41) is 0.467. The molecule has 0 spiro atoms. The second kappa shape index (κ2) is 7.02. The molecule has 2 aliphatic heterocycles. The van der Waals surface area contributed by atoms with E-state index in [0.29, 0.717) is 18.0 Å². The highest BCUT2D eigenvalue weighted by Gasteiger charge is 2.42. The Balaban J connectivity index is 1.74. The van der Waals surface area contributed by atoms with Gasteiger partial charge in [-0.05, 0) is 52.2 Å². The molecule has 0 radical (unpaired) electrons. The standard InChI is InChI=1S/C19H22N2O6/c1-19(2,3)26-18(25)20-11-7-6-10-14(20)17(24)27-21-15(22)12-8-4-5-9-13(12)16(21)23/h4-5,8-9,14H,6-7,10-11H2,1-3H3. The second-order valence-electron chi connectivity index (χ2n) is 7.55. The van der Waals surface area contributed by atoms with Crippen LogP contribution in [0, 0.1) is 0 Å². The molecule has 8 heteroatoms. The maximum absolute atomic E-state index is 12.7. The van der Waals surface area contributed by atoms with Crippen molar-refractivity contribution in [3.8, 4) is 0 Å². The lowest BCUT2D eigenvalue weighted by Crippen LogP contribution is -2.51. The molecule has 0 N–H and O–H groups in total. The molecule has 1 unspecified atom stereocenters. The molecule has 144 valence electrons. The summed E-state index contributed by atoms with van der Waals surface area (Å²) in [6.45, 7) is 5.56. The summed E-state index contributed by atoms with van der Waals surface area (Å²) in [5.74, 6) is -2.21. The van der Waals surface area contributed by atoms with Gasteiger partial charge in [-0.25, -0.2) is 9.59 Å². The number of hydrogen-bond donors (Lipinski definition) is 0. The van der Waals surface area contributed by atoms with Crippen LogP contribution in [0.25, 0.3) is 0 Å². The maximum atomic E-state index is 12.7. The number of carbonyl (C=O) groups is 4.